The van der Waals surface area contributed by atoms with Gasteiger partial charge in [-0.1, -0.05) is 153 Å². The number of para-hydroxylation sites is 3. The van der Waals surface area contributed by atoms with Crippen LogP contribution in [0.2, 0.25) is 0 Å². The maximum Gasteiger partial charge on any atom is 0.159 e. The molecule has 0 amide bonds. The average molecular weight is 726 g/mol. The number of thiophene rings is 1. The molecular formula is C52H39NOS. The molecule has 264 valence electrons. The molecule has 0 unspecified atom stereocenters. The van der Waals surface area contributed by atoms with Crippen molar-refractivity contribution < 1.29 is 4.42 Å². The molecular weight excluding hydrogens is 687 g/mol. The van der Waals surface area contributed by atoms with Crippen molar-refractivity contribution in [1.82, 2.24) is 0 Å². The van der Waals surface area contributed by atoms with Crippen LogP contribution < -0.4 is 4.90 Å². The Labute approximate surface area is 324 Å². The summed E-state index contributed by atoms with van der Waals surface area (Å²) in [7, 11) is 0. The highest BCUT2D eigenvalue weighted by molar-refractivity contribution is 7.26. The normalized spacial score (nSPS) is 13.7. The zero-order valence-corrected chi connectivity index (χ0v) is 31.4. The van der Waals surface area contributed by atoms with E-state index in [1.807, 2.05) is 11.3 Å². The van der Waals surface area contributed by atoms with Gasteiger partial charge in [0.2, 0.25) is 0 Å². The molecule has 2 heterocycles. The summed E-state index contributed by atoms with van der Waals surface area (Å²) in [5, 5.41) is 7.39. The van der Waals surface area contributed by atoms with Gasteiger partial charge in [0, 0.05) is 42.2 Å². The number of fused-ring (bicyclic) bond motifs is 7. The second kappa shape index (κ2) is 13.3. The van der Waals surface area contributed by atoms with E-state index >= 15 is 0 Å². The summed E-state index contributed by atoms with van der Waals surface area (Å²) in [4.78, 5) is 2.44. The number of hydrogen-bond acceptors (Lipinski definition) is 3. The van der Waals surface area contributed by atoms with Crippen molar-refractivity contribution in [3.8, 4) is 22.3 Å². The van der Waals surface area contributed by atoms with Crippen LogP contribution in [0.3, 0.4) is 0 Å². The molecule has 8 aromatic carbocycles. The fraction of sp³-hybridized carbons (Fsp3) is 0.115. The third-order valence-electron chi connectivity index (χ3n) is 11.9. The molecule has 55 heavy (non-hydrogen) atoms. The molecule has 11 rings (SSSR count). The Kier molecular flexibility index (Phi) is 7.81. The predicted molar refractivity (Wildman–Crippen MR) is 235 cm³/mol. The van der Waals surface area contributed by atoms with E-state index in [0.29, 0.717) is 5.92 Å². The maximum atomic E-state index is 6.79. The summed E-state index contributed by atoms with van der Waals surface area (Å²) < 4.78 is 9.57. The molecule has 10 aromatic rings. The van der Waals surface area contributed by atoms with Crippen LogP contribution in [-0.4, -0.2) is 0 Å². The van der Waals surface area contributed by atoms with Crippen LogP contribution in [-0.2, 0) is 0 Å². The predicted octanol–water partition coefficient (Wildman–Crippen LogP) is 16.0. The third-order valence-corrected chi connectivity index (χ3v) is 13.1. The van der Waals surface area contributed by atoms with E-state index in [1.165, 1.54) is 85.3 Å². The second-order valence-corrected chi connectivity index (χ2v) is 16.1. The van der Waals surface area contributed by atoms with Crippen LogP contribution >= 0.6 is 11.3 Å². The summed E-state index contributed by atoms with van der Waals surface area (Å²) in [5.74, 6) is 0.653. The van der Waals surface area contributed by atoms with Crippen LogP contribution in [0.25, 0.3) is 75.1 Å². The van der Waals surface area contributed by atoms with Gasteiger partial charge in [0.05, 0.1) is 11.4 Å². The lowest BCUT2D eigenvalue weighted by atomic mass is 9.84. The van der Waals surface area contributed by atoms with Crippen molar-refractivity contribution in [2.75, 3.05) is 4.90 Å². The second-order valence-electron chi connectivity index (χ2n) is 15.0. The average Bonchev–Trinajstić information content (AvgIpc) is 3.83. The highest BCUT2D eigenvalue weighted by Gasteiger charge is 2.25. The molecule has 1 fully saturated rings. The minimum atomic E-state index is 0.653. The Balaban J connectivity index is 1.18. The van der Waals surface area contributed by atoms with Crippen molar-refractivity contribution >= 4 is 81.3 Å². The SMILES string of the molecule is c1ccc(-c2cccc3cccc(-c4ccccc4N(c4ccc5sc6c(C7CCCCC7)cccc6c5c4)c4cccc5c4oc4ccccc45)c23)cc1. The summed E-state index contributed by atoms with van der Waals surface area (Å²) in [5.41, 5.74) is 11.4. The van der Waals surface area contributed by atoms with Crippen LogP contribution in [0.15, 0.2) is 174 Å². The quantitative estimate of drug-likeness (QED) is 0.170. The van der Waals surface area contributed by atoms with E-state index in [-0.39, 0.29) is 0 Å². The van der Waals surface area contributed by atoms with Gasteiger partial charge in [-0.3, -0.25) is 0 Å². The van der Waals surface area contributed by atoms with Crippen molar-refractivity contribution in [3.63, 3.8) is 0 Å². The molecule has 0 bridgehead atoms. The van der Waals surface area contributed by atoms with Gasteiger partial charge in [0.25, 0.3) is 0 Å². The Bertz CT molecular complexity index is 3030. The number of anilines is 3. The van der Waals surface area contributed by atoms with Gasteiger partial charge in [0.15, 0.2) is 5.58 Å². The number of furan rings is 1. The van der Waals surface area contributed by atoms with E-state index in [1.54, 1.807) is 5.56 Å². The van der Waals surface area contributed by atoms with E-state index < -0.39 is 0 Å². The zero-order valence-electron chi connectivity index (χ0n) is 30.5. The van der Waals surface area contributed by atoms with E-state index in [2.05, 4.69) is 175 Å². The van der Waals surface area contributed by atoms with Crippen molar-refractivity contribution in [3.05, 3.63) is 175 Å². The molecule has 3 heteroatoms. The van der Waals surface area contributed by atoms with Crippen LogP contribution in [0.1, 0.15) is 43.6 Å². The highest BCUT2D eigenvalue weighted by atomic mass is 32.1. The molecule has 2 nitrogen and oxygen atoms in total. The van der Waals surface area contributed by atoms with E-state index in [9.17, 15) is 0 Å². The molecule has 0 N–H and O–H groups in total. The lowest BCUT2D eigenvalue weighted by Gasteiger charge is -2.28. The Morgan fingerprint density at radius 3 is 2.09 bits per heavy atom. The van der Waals surface area contributed by atoms with Crippen molar-refractivity contribution in [1.29, 1.82) is 0 Å². The number of nitrogens with zero attached hydrogens (tertiary/aromatic N) is 1. The van der Waals surface area contributed by atoms with Gasteiger partial charge in [-0.2, -0.15) is 0 Å². The molecule has 0 atom stereocenters. The summed E-state index contributed by atoms with van der Waals surface area (Å²) in [6, 6.07) is 62.1. The van der Waals surface area contributed by atoms with Gasteiger partial charge < -0.3 is 9.32 Å². The van der Waals surface area contributed by atoms with Gasteiger partial charge in [-0.25, -0.2) is 0 Å². The lowest BCUT2D eigenvalue weighted by molar-refractivity contribution is 0.446. The fourth-order valence-electron chi connectivity index (χ4n) is 9.32. The summed E-state index contributed by atoms with van der Waals surface area (Å²) in [6.45, 7) is 0. The van der Waals surface area contributed by atoms with Crippen LogP contribution in [0.4, 0.5) is 17.1 Å². The van der Waals surface area contributed by atoms with Crippen molar-refractivity contribution in [2.24, 2.45) is 0 Å². The summed E-state index contributed by atoms with van der Waals surface area (Å²) >= 11 is 1.96. The topological polar surface area (TPSA) is 16.4 Å². The first-order chi connectivity index (χ1) is 27.3. The van der Waals surface area contributed by atoms with E-state index in [4.69, 9.17) is 4.42 Å². The molecule has 0 spiro atoms. The third kappa shape index (κ3) is 5.37. The first kappa shape index (κ1) is 32.3. The molecule has 1 aliphatic rings. The number of hydrogen-bond donors (Lipinski definition) is 0. The monoisotopic (exact) mass is 725 g/mol. The van der Waals surface area contributed by atoms with E-state index in [0.717, 1.165) is 39.0 Å². The van der Waals surface area contributed by atoms with Crippen molar-refractivity contribution in [2.45, 2.75) is 38.0 Å². The van der Waals surface area contributed by atoms with Gasteiger partial charge in [-0.15, -0.1) is 11.3 Å². The first-order valence-electron chi connectivity index (χ1n) is 19.6. The van der Waals surface area contributed by atoms with Gasteiger partial charge in [-0.05, 0) is 88.2 Å². The fourth-order valence-corrected chi connectivity index (χ4v) is 10.6. The summed E-state index contributed by atoms with van der Waals surface area (Å²) in [6.07, 6.45) is 6.63. The van der Waals surface area contributed by atoms with Crippen LogP contribution in [0, 0.1) is 0 Å². The molecule has 0 saturated heterocycles. The molecule has 0 radical (unpaired) electrons. The number of benzene rings is 8. The Morgan fingerprint density at radius 2 is 1.20 bits per heavy atom. The molecule has 0 aliphatic heterocycles. The minimum absolute atomic E-state index is 0.653. The largest absolute Gasteiger partial charge is 0.454 e. The van der Waals surface area contributed by atoms with Gasteiger partial charge >= 0.3 is 0 Å². The Hall–Kier alpha value is -6.16. The highest BCUT2D eigenvalue weighted by Crippen LogP contribution is 2.49. The Morgan fingerprint density at radius 1 is 0.509 bits per heavy atom. The van der Waals surface area contributed by atoms with Crippen LogP contribution in [0.5, 0.6) is 0 Å². The molecule has 1 saturated carbocycles. The first-order valence-corrected chi connectivity index (χ1v) is 20.4. The van der Waals surface area contributed by atoms with Gasteiger partial charge in [0.1, 0.15) is 5.58 Å². The smallest absolute Gasteiger partial charge is 0.159 e. The molecule has 2 aromatic heterocycles. The lowest BCUT2D eigenvalue weighted by Crippen LogP contribution is -2.11. The number of rotatable bonds is 6. The minimum Gasteiger partial charge on any atom is -0.454 e. The zero-order chi connectivity index (χ0) is 36.3. The standard InChI is InChI=1S/C52H39NOS/c1-3-15-34(16-4-1)38-23-11-19-36-20-12-25-42(50(36)38)40-21-7-9-28-46(40)53(47-29-14-26-43-41-22-8-10-30-48(41)54-51(43)47)37-31-32-49-45(33-37)44-27-13-24-39(52(44)55-49)35-17-5-2-6-18-35/h1,3-4,7-16,19-33,35H,2,5-6,17-18H2. The molecule has 1 aliphatic carbocycles. The maximum absolute atomic E-state index is 6.79.